The number of hydrogen-bond donors (Lipinski definition) is 1. The minimum Gasteiger partial charge on any atom is -0.343 e. The summed E-state index contributed by atoms with van der Waals surface area (Å²) in [5, 5.41) is 2.91. The van der Waals surface area contributed by atoms with Crippen LogP contribution in [0, 0.1) is 5.92 Å². The van der Waals surface area contributed by atoms with E-state index in [4.69, 9.17) is 0 Å². The summed E-state index contributed by atoms with van der Waals surface area (Å²) in [5.41, 5.74) is -3.14. The molecule has 0 radical (unpaired) electrons. The Kier molecular flexibility index (Phi) is 8.28. The van der Waals surface area contributed by atoms with Crippen LogP contribution in [0.3, 0.4) is 0 Å². The average Bonchev–Trinajstić information content (AvgIpc) is 2.92. The Bertz CT molecular complexity index is 1290. The number of likely N-dealkylation sites (tertiary alicyclic amines) is 1. The predicted octanol–water partition coefficient (Wildman–Crippen LogP) is 6.59. The summed E-state index contributed by atoms with van der Waals surface area (Å²) >= 11 is 0. The molecule has 0 bridgehead atoms. The highest BCUT2D eigenvalue weighted by atomic mass is 19.4. The van der Waals surface area contributed by atoms with Gasteiger partial charge in [-0.2, -0.15) is 26.3 Å². The maximum absolute atomic E-state index is 13.8. The van der Waals surface area contributed by atoms with E-state index in [1.165, 1.54) is 31.2 Å². The number of halogens is 6. The molecule has 3 aromatic carbocycles. The third kappa shape index (κ3) is 6.48. The number of nitrogens with one attached hydrogen (secondary N) is 1. The van der Waals surface area contributed by atoms with E-state index in [1.807, 2.05) is 0 Å². The number of piperidine rings is 1. The lowest BCUT2D eigenvalue weighted by Crippen LogP contribution is -2.52. The summed E-state index contributed by atoms with van der Waals surface area (Å²) in [6.45, 7) is 2.07. The Morgan fingerprint density at radius 1 is 0.750 bits per heavy atom. The molecule has 1 heterocycles. The Balaban J connectivity index is 1.88. The first-order chi connectivity index (χ1) is 18.8. The van der Waals surface area contributed by atoms with Gasteiger partial charge < -0.3 is 10.2 Å². The zero-order valence-electron chi connectivity index (χ0n) is 21.6. The van der Waals surface area contributed by atoms with Gasteiger partial charge in [0.2, 0.25) is 11.8 Å². The normalized spacial score (nSPS) is 15.1. The van der Waals surface area contributed by atoms with Crippen molar-refractivity contribution < 1.29 is 35.9 Å². The highest BCUT2D eigenvalue weighted by molar-refractivity contribution is 5.81. The predicted molar refractivity (Wildman–Crippen MR) is 137 cm³/mol. The van der Waals surface area contributed by atoms with Crippen LogP contribution in [-0.2, 0) is 33.9 Å². The van der Waals surface area contributed by atoms with Crippen LogP contribution in [0.2, 0.25) is 0 Å². The molecule has 0 atom stereocenters. The molecule has 10 heteroatoms. The summed E-state index contributed by atoms with van der Waals surface area (Å²) in [7, 11) is 0. The SMILES string of the molecule is CC(=O)N1CCC(C(=O)NC(Cc2ccccc2)(c2cccc(C(F)(F)F)c2)c2cccc(C(F)(F)F)c2)CC1. The Morgan fingerprint density at radius 3 is 1.68 bits per heavy atom. The standard InChI is InChI=1S/C30H28F6N2O2/c1-20(39)38-15-13-22(14-16-38)27(40)37-28(19-21-7-3-2-4-8-21,23-9-5-11-25(17-23)29(31,32)33)24-10-6-12-26(18-24)30(34,35)36/h2-12,17-18,22H,13-16,19H2,1H3,(H,37,40). The average molecular weight is 563 g/mol. The summed E-state index contributed by atoms with van der Waals surface area (Å²) < 4.78 is 82.8. The van der Waals surface area contributed by atoms with Crippen molar-refractivity contribution in [2.24, 2.45) is 5.92 Å². The van der Waals surface area contributed by atoms with Gasteiger partial charge in [0.25, 0.3) is 0 Å². The van der Waals surface area contributed by atoms with Crippen molar-refractivity contribution in [3.8, 4) is 0 Å². The van der Waals surface area contributed by atoms with Gasteiger partial charge in [-0.25, -0.2) is 0 Å². The molecule has 212 valence electrons. The zero-order chi connectivity index (χ0) is 29.1. The Morgan fingerprint density at radius 2 is 1.23 bits per heavy atom. The third-order valence-electron chi connectivity index (χ3n) is 7.33. The molecular formula is C30H28F6N2O2. The van der Waals surface area contributed by atoms with E-state index in [2.05, 4.69) is 5.32 Å². The van der Waals surface area contributed by atoms with Crippen molar-refractivity contribution in [2.45, 2.75) is 44.1 Å². The zero-order valence-corrected chi connectivity index (χ0v) is 21.6. The second-order valence-corrected chi connectivity index (χ2v) is 9.99. The first kappa shape index (κ1) is 29.2. The van der Waals surface area contributed by atoms with Crippen LogP contribution in [0.5, 0.6) is 0 Å². The molecule has 3 aromatic rings. The number of hydrogen-bond acceptors (Lipinski definition) is 2. The third-order valence-corrected chi connectivity index (χ3v) is 7.33. The van der Waals surface area contributed by atoms with E-state index >= 15 is 0 Å². The molecule has 1 fully saturated rings. The van der Waals surface area contributed by atoms with Crippen LogP contribution in [0.1, 0.15) is 47.6 Å². The molecule has 40 heavy (non-hydrogen) atoms. The lowest BCUT2D eigenvalue weighted by atomic mass is 9.76. The Labute approximate surface area is 228 Å². The fourth-order valence-electron chi connectivity index (χ4n) is 5.15. The summed E-state index contributed by atoms with van der Waals surface area (Å²) in [6.07, 6.45) is -8.90. The van der Waals surface area contributed by atoms with E-state index in [-0.39, 0.29) is 23.5 Å². The second kappa shape index (κ2) is 11.3. The molecule has 0 unspecified atom stereocenters. The van der Waals surface area contributed by atoms with Crippen LogP contribution in [0.25, 0.3) is 0 Å². The van der Waals surface area contributed by atoms with Crippen LogP contribution in [0.4, 0.5) is 26.3 Å². The van der Waals surface area contributed by atoms with Crippen molar-refractivity contribution in [2.75, 3.05) is 13.1 Å². The Hall–Kier alpha value is -3.82. The molecule has 1 aliphatic heterocycles. The van der Waals surface area contributed by atoms with Gasteiger partial charge in [-0.1, -0.05) is 54.6 Å². The molecule has 1 N–H and O–H groups in total. The van der Waals surface area contributed by atoms with Crippen molar-refractivity contribution in [3.05, 3.63) is 107 Å². The quantitative estimate of drug-likeness (QED) is 0.345. The fraction of sp³-hybridized carbons (Fsp3) is 0.333. The van der Waals surface area contributed by atoms with E-state index in [9.17, 15) is 35.9 Å². The van der Waals surface area contributed by atoms with Crippen molar-refractivity contribution in [1.82, 2.24) is 10.2 Å². The summed E-state index contributed by atoms with van der Waals surface area (Å²) in [5.74, 6) is -1.22. The lowest BCUT2D eigenvalue weighted by molar-refractivity contribution is -0.138. The molecule has 2 amide bonds. The van der Waals surface area contributed by atoms with Crippen molar-refractivity contribution in [3.63, 3.8) is 0 Å². The number of nitrogens with zero attached hydrogens (tertiary/aromatic N) is 1. The van der Waals surface area contributed by atoms with Gasteiger partial charge in [-0.05, 0) is 53.8 Å². The molecule has 0 saturated carbocycles. The van der Waals surface area contributed by atoms with Gasteiger partial charge in [0.15, 0.2) is 0 Å². The smallest absolute Gasteiger partial charge is 0.343 e. The number of rotatable bonds is 6. The van der Waals surface area contributed by atoms with Crippen molar-refractivity contribution in [1.29, 1.82) is 0 Å². The number of benzene rings is 3. The van der Waals surface area contributed by atoms with Crippen LogP contribution < -0.4 is 5.32 Å². The topological polar surface area (TPSA) is 49.4 Å². The molecule has 0 aromatic heterocycles. The molecule has 0 spiro atoms. The number of carbonyl (C=O) groups excluding carboxylic acids is 2. The molecule has 1 saturated heterocycles. The molecule has 1 aliphatic rings. The second-order valence-electron chi connectivity index (χ2n) is 9.99. The van der Waals surface area contributed by atoms with E-state index in [1.54, 1.807) is 35.2 Å². The number of carbonyl (C=O) groups is 2. The largest absolute Gasteiger partial charge is 0.416 e. The van der Waals surface area contributed by atoms with Crippen LogP contribution in [0.15, 0.2) is 78.9 Å². The molecular weight excluding hydrogens is 534 g/mol. The first-order valence-corrected chi connectivity index (χ1v) is 12.8. The van der Waals surface area contributed by atoms with Crippen LogP contribution in [-0.4, -0.2) is 29.8 Å². The van der Waals surface area contributed by atoms with Gasteiger partial charge in [-0.3, -0.25) is 9.59 Å². The molecule has 0 aliphatic carbocycles. The highest BCUT2D eigenvalue weighted by Crippen LogP contribution is 2.40. The van der Waals surface area contributed by atoms with E-state index in [0.29, 0.717) is 31.5 Å². The number of alkyl halides is 6. The van der Waals surface area contributed by atoms with Gasteiger partial charge in [0.1, 0.15) is 0 Å². The van der Waals surface area contributed by atoms with Gasteiger partial charge in [-0.15, -0.1) is 0 Å². The van der Waals surface area contributed by atoms with Gasteiger partial charge in [0, 0.05) is 32.4 Å². The maximum Gasteiger partial charge on any atom is 0.416 e. The highest BCUT2D eigenvalue weighted by Gasteiger charge is 2.42. The molecule has 4 rings (SSSR count). The van der Waals surface area contributed by atoms with E-state index in [0.717, 1.165) is 24.3 Å². The van der Waals surface area contributed by atoms with Gasteiger partial charge >= 0.3 is 12.4 Å². The number of amides is 2. The van der Waals surface area contributed by atoms with E-state index < -0.39 is 40.8 Å². The lowest BCUT2D eigenvalue weighted by Gasteiger charge is -2.39. The summed E-state index contributed by atoms with van der Waals surface area (Å²) in [4.78, 5) is 27.1. The first-order valence-electron chi connectivity index (χ1n) is 12.8. The minimum atomic E-state index is -4.72. The summed E-state index contributed by atoms with van der Waals surface area (Å²) in [6, 6.07) is 17.2. The van der Waals surface area contributed by atoms with Crippen LogP contribution >= 0.6 is 0 Å². The fourth-order valence-corrected chi connectivity index (χ4v) is 5.15. The molecule has 4 nitrogen and oxygen atoms in total. The monoisotopic (exact) mass is 562 g/mol. The van der Waals surface area contributed by atoms with Gasteiger partial charge in [0.05, 0.1) is 16.7 Å². The minimum absolute atomic E-state index is 0.0000227. The maximum atomic E-state index is 13.8. The van der Waals surface area contributed by atoms with Crippen molar-refractivity contribution >= 4 is 11.8 Å².